The summed E-state index contributed by atoms with van der Waals surface area (Å²) in [4.78, 5) is 11.5. The first-order valence-electron chi connectivity index (χ1n) is 8.53. The number of aryl methyl sites for hydroxylation is 2. The highest BCUT2D eigenvalue weighted by atomic mass is 127. The number of aliphatic imine (C=N–C) groups is 1. The van der Waals surface area contributed by atoms with Crippen molar-refractivity contribution in [1.29, 1.82) is 0 Å². The summed E-state index contributed by atoms with van der Waals surface area (Å²) in [6, 6.07) is 0. The van der Waals surface area contributed by atoms with Crippen LogP contribution in [0.15, 0.2) is 17.4 Å². The molecule has 0 aliphatic carbocycles. The molecule has 1 aromatic rings. The molecule has 1 aromatic heterocycles. The predicted octanol–water partition coefficient (Wildman–Crippen LogP) is 3.29. The molecule has 0 amide bonds. The van der Waals surface area contributed by atoms with Gasteiger partial charge in [-0.05, 0) is 38.5 Å². The first-order valence-corrected chi connectivity index (χ1v) is 8.53. The fourth-order valence-corrected chi connectivity index (χ4v) is 2.94. The lowest BCUT2D eigenvalue weighted by Crippen LogP contribution is -2.40. The monoisotopic (exact) mass is 433 g/mol. The van der Waals surface area contributed by atoms with Gasteiger partial charge in [-0.2, -0.15) is 0 Å². The molecule has 2 heterocycles. The molecule has 1 aliphatic heterocycles. The van der Waals surface area contributed by atoms with Crippen LogP contribution in [-0.4, -0.2) is 46.6 Å². The number of likely N-dealkylation sites (tertiary alicyclic amines) is 1. The fraction of sp³-hybridized carbons (Fsp3) is 0.765. The number of guanidine groups is 1. The molecule has 0 unspecified atom stereocenters. The number of rotatable bonds is 6. The lowest BCUT2D eigenvalue weighted by molar-refractivity contribution is 0.370. The van der Waals surface area contributed by atoms with Crippen LogP contribution < -0.4 is 5.32 Å². The lowest BCUT2D eigenvalue weighted by atomic mass is 9.93. The number of nitrogens with zero attached hydrogens (tertiary/aromatic N) is 4. The highest BCUT2D eigenvalue weighted by molar-refractivity contribution is 14.0. The minimum Gasteiger partial charge on any atom is -0.357 e. The summed E-state index contributed by atoms with van der Waals surface area (Å²) >= 11 is 0. The average molecular weight is 433 g/mol. The highest BCUT2D eigenvalue weighted by Crippen LogP contribution is 2.28. The van der Waals surface area contributed by atoms with Gasteiger partial charge in [0.15, 0.2) is 5.96 Å². The van der Waals surface area contributed by atoms with Crippen molar-refractivity contribution in [2.75, 3.05) is 26.2 Å². The average Bonchev–Trinajstić information content (AvgIpc) is 3.03. The van der Waals surface area contributed by atoms with Gasteiger partial charge in [-0.3, -0.25) is 4.99 Å². The van der Waals surface area contributed by atoms with Crippen molar-refractivity contribution in [2.45, 2.75) is 53.5 Å². The third-order valence-corrected chi connectivity index (χ3v) is 4.30. The van der Waals surface area contributed by atoms with Crippen LogP contribution in [0, 0.1) is 12.3 Å². The van der Waals surface area contributed by atoms with Crippen molar-refractivity contribution in [3.05, 3.63) is 18.2 Å². The summed E-state index contributed by atoms with van der Waals surface area (Å²) in [6.07, 6.45) is 7.42. The van der Waals surface area contributed by atoms with E-state index in [1.807, 2.05) is 6.20 Å². The number of hydrogen-bond acceptors (Lipinski definition) is 2. The Bertz CT molecular complexity index is 495. The van der Waals surface area contributed by atoms with Crippen molar-refractivity contribution >= 4 is 29.9 Å². The van der Waals surface area contributed by atoms with Crippen LogP contribution in [0.4, 0.5) is 0 Å². The van der Waals surface area contributed by atoms with E-state index >= 15 is 0 Å². The smallest absolute Gasteiger partial charge is 0.193 e. The fourth-order valence-electron chi connectivity index (χ4n) is 2.94. The molecule has 1 N–H and O–H groups in total. The van der Waals surface area contributed by atoms with Crippen LogP contribution >= 0.6 is 24.0 Å². The Labute approximate surface area is 158 Å². The molecule has 1 saturated heterocycles. The first kappa shape index (κ1) is 20.3. The molecule has 0 bridgehead atoms. The number of halogens is 1. The second kappa shape index (κ2) is 9.49. The van der Waals surface area contributed by atoms with Gasteiger partial charge in [0, 0.05) is 45.1 Å². The molecule has 0 aromatic carbocycles. The van der Waals surface area contributed by atoms with Crippen LogP contribution in [0.1, 0.15) is 45.9 Å². The van der Waals surface area contributed by atoms with E-state index in [1.54, 1.807) is 0 Å². The van der Waals surface area contributed by atoms with E-state index in [-0.39, 0.29) is 24.0 Å². The van der Waals surface area contributed by atoms with E-state index in [1.165, 1.54) is 6.42 Å². The maximum absolute atomic E-state index is 4.81. The molecule has 6 heteroatoms. The third-order valence-electron chi connectivity index (χ3n) is 4.30. The third kappa shape index (κ3) is 6.31. The van der Waals surface area contributed by atoms with Crippen molar-refractivity contribution < 1.29 is 0 Å². The van der Waals surface area contributed by atoms with Crippen molar-refractivity contribution in [3.63, 3.8) is 0 Å². The molecular weight excluding hydrogens is 401 g/mol. The van der Waals surface area contributed by atoms with Crippen LogP contribution in [-0.2, 0) is 6.54 Å². The zero-order chi connectivity index (χ0) is 16.0. The van der Waals surface area contributed by atoms with Crippen molar-refractivity contribution in [1.82, 2.24) is 19.8 Å². The molecule has 0 radical (unpaired) electrons. The minimum absolute atomic E-state index is 0. The number of imidazole rings is 1. The molecule has 23 heavy (non-hydrogen) atoms. The molecule has 2 rings (SSSR count). The molecule has 0 atom stereocenters. The standard InChI is InChI=1S/C17H31N5.HI/c1-5-18-16(22-12-8-17(3,4)14-22)20-9-6-7-11-21-13-10-19-15(21)2;/h10,13H,5-9,11-12,14H2,1-4H3,(H,18,20);1H. The summed E-state index contributed by atoms with van der Waals surface area (Å²) in [5.41, 5.74) is 0.412. The van der Waals surface area contributed by atoms with E-state index in [9.17, 15) is 0 Å². The van der Waals surface area contributed by atoms with E-state index in [4.69, 9.17) is 4.99 Å². The molecule has 1 aliphatic rings. The van der Waals surface area contributed by atoms with Gasteiger partial charge in [-0.1, -0.05) is 13.8 Å². The second-order valence-electron chi connectivity index (χ2n) is 6.95. The summed E-state index contributed by atoms with van der Waals surface area (Å²) < 4.78 is 2.21. The Balaban J connectivity index is 0.00000264. The maximum atomic E-state index is 4.81. The van der Waals surface area contributed by atoms with Gasteiger partial charge in [0.1, 0.15) is 5.82 Å². The molecule has 132 valence electrons. The topological polar surface area (TPSA) is 45.5 Å². The maximum Gasteiger partial charge on any atom is 0.193 e. The Morgan fingerprint density at radius 1 is 1.39 bits per heavy atom. The van der Waals surface area contributed by atoms with Gasteiger partial charge in [-0.15, -0.1) is 24.0 Å². The lowest BCUT2D eigenvalue weighted by Gasteiger charge is -2.23. The SMILES string of the molecule is CCNC(=NCCCCn1ccnc1C)N1CCC(C)(C)C1.I. The zero-order valence-electron chi connectivity index (χ0n) is 15.0. The summed E-state index contributed by atoms with van der Waals surface area (Å²) in [7, 11) is 0. The number of aromatic nitrogens is 2. The minimum atomic E-state index is 0. The van der Waals surface area contributed by atoms with Crippen LogP contribution in [0.2, 0.25) is 0 Å². The van der Waals surface area contributed by atoms with Gasteiger partial charge in [-0.25, -0.2) is 4.98 Å². The van der Waals surface area contributed by atoms with E-state index < -0.39 is 0 Å². The van der Waals surface area contributed by atoms with E-state index in [0.29, 0.717) is 5.41 Å². The highest BCUT2D eigenvalue weighted by Gasteiger charge is 2.30. The van der Waals surface area contributed by atoms with Crippen molar-refractivity contribution in [2.24, 2.45) is 10.4 Å². The van der Waals surface area contributed by atoms with Crippen molar-refractivity contribution in [3.8, 4) is 0 Å². The molecule has 1 fully saturated rings. The van der Waals surface area contributed by atoms with E-state index in [2.05, 4.69) is 53.7 Å². The van der Waals surface area contributed by atoms with Gasteiger partial charge in [0.05, 0.1) is 0 Å². The largest absolute Gasteiger partial charge is 0.357 e. The summed E-state index contributed by atoms with van der Waals surface area (Å²) in [5, 5.41) is 3.44. The number of hydrogen-bond donors (Lipinski definition) is 1. The Morgan fingerprint density at radius 3 is 2.74 bits per heavy atom. The Kier molecular flexibility index (Phi) is 8.36. The normalized spacial score (nSPS) is 17.2. The molecule has 5 nitrogen and oxygen atoms in total. The zero-order valence-corrected chi connectivity index (χ0v) is 17.3. The second-order valence-corrected chi connectivity index (χ2v) is 6.95. The predicted molar refractivity (Wildman–Crippen MR) is 108 cm³/mol. The first-order chi connectivity index (χ1) is 10.5. The molecule has 0 spiro atoms. The van der Waals surface area contributed by atoms with Gasteiger partial charge in [0.25, 0.3) is 0 Å². The van der Waals surface area contributed by atoms with Gasteiger partial charge in [0.2, 0.25) is 0 Å². The number of nitrogens with one attached hydrogen (secondary N) is 1. The van der Waals surface area contributed by atoms with Crippen LogP contribution in [0.5, 0.6) is 0 Å². The van der Waals surface area contributed by atoms with E-state index in [0.717, 1.165) is 57.3 Å². The van der Waals surface area contributed by atoms with Gasteiger partial charge < -0.3 is 14.8 Å². The van der Waals surface area contributed by atoms with Crippen LogP contribution in [0.25, 0.3) is 0 Å². The summed E-state index contributed by atoms with van der Waals surface area (Å²) in [5.74, 6) is 2.18. The Morgan fingerprint density at radius 2 is 2.17 bits per heavy atom. The molecular formula is C17H32IN5. The quantitative estimate of drug-likeness (QED) is 0.324. The molecule has 0 saturated carbocycles. The van der Waals surface area contributed by atoms with Gasteiger partial charge >= 0.3 is 0 Å². The Hall–Kier alpha value is -0.790. The number of unbranched alkanes of at least 4 members (excludes halogenated alkanes) is 1. The summed E-state index contributed by atoms with van der Waals surface area (Å²) in [6.45, 7) is 14.0. The van der Waals surface area contributed by atoms with Crippen LogP contribution in [0.3, 0.4) is 0 Å².